The highest BCUT2D eigenvalue weighted by atomic mass is 16.6. The predicted molar refractivity (Wildman–Crippen MR) is 84.3 cm³/mol. The molecule has 2 heterocycles. The van der Waals surface area contributed by atoms with Crippen LogP contribution in [-0.2, 0) is 0 Å². The van der Waals surface area contributed by atoms with Crippen LogP contribution in [0.1, 0.15) is 26.7 Å². The van der Waals surface area contributed by atoms with Gasteiger partial charge in [-0.25, -0.2) is 0 Å². The molecular formula is C17H24N2O2. The van der Waals surface area contributed by atoms with E-state index in [0.717, 1.165) is 44.0 Å². The van der Waals surface area contributed by atoms with Crippen molar-refractivity contribution in [3.8, 4) is 11.5 Å². The van der Waals surface area contributed by atoms with Crippen LogP contribution in [0, 0.1) is 5.92 Å². The van der Waals surface area contributed by atoms with Crippen LogP contribution in [0.2, 0.25) is 0 Å². The van der Waals surface area contributed by atoms with E-state index >= 15 is 0 Å². The normalized spacial score (nSPS) is 22.1. The predicted octanol–water partition coefficient (Wildman–Crippen LogP) is 2.98. The van der Waals surface area contributed by atoms with Gasteiger partial charge in [-0.05, 0) is 25.0 Å². The topological polar surface area (TPSA) is 34.1 Å². The van der Waals surface area contributed by atoms with Crippen molar-refractivity contribution in [1.82, 2.24) is 4.90 Å². The summed E-state index contributed by atoms with van der Waals surface area (Å²) in [5.41, 5.74) is 0. The highest BCUT2D eigenvalue weighted by Crippen LogP contribution is 2.34. The number of para-hydroxylation sites is 2. The maximum absolute atomic E-state index is 6.19. The zero-order valence-electron chi connectivity index (χ0n) is 12.9. The molecule has 0 saturated carbocycles. The lowest BCUT2D eigenvalue weighted by atomic mass is 9.96. The highest BCUT2D eigenvalue weighted by Gasteiger charge is 2.34. The second-order valence-corrected chi connectivity index (χ2v) is 5.66. The Balaban J connectivity index is 1.76. The molecule has 114 valence electrons. The SMILES string of the molecule is CCCN1CCN=C1C(CC)C1COc2ccccc2O1. The molecule has 2 aliphatic rings. The molecule has 0 radical (unpaired) electrons. The van der Waals surface area contributed by atoms with Crippen LogP contribution in [-0.4, -0.2) is 43.1 Å². The van der Waals surface area contributed by atoms with E-state index in [2.05, 4.69) is 18.7 Å². The van der Waals surface area contributed by atoms with Gasteiger partial charge in [-0.1, -0.05) is 26.0 Å². The lowest BCUT2D eigenvalue weighted by molar-refractivity contribution is 0.0634. The number of amidine groups is 1. The minimum atomic E-state index is 0.0566. The fraction of sp³-hybridized carbons (Fsp3) is 0.588. The summed E-state index contributed by atoms with van der Waals surface area (Å²) in [5.74, 6) is 3.23. The molecular weight excluding hydrogens is 264 g/mol. The summed E-state index contributed by atoms with van der Waals surface area (Å²) in [7, 11) is 0. The van der Waals surface area contributed by atoms with E-state index in [1.807, 2.05) is 24.3 Å². The molecule has 0 aliphatic carbocycles. The number of fused-ring (bicyclic) bond motifs is 1. The van der Waals surface area contributed by atoms with Crippen molar-refractivity contribution in [3.05, 3.63) is 24.3 Å². The first-order chi connectivity index (χ1) is 10.3. The standard InChI is InChI=1S/C17H24N2O2/c1-3-10-19-11-9-18-17(19)13(4-2)16-12-20-14-7-5-6-8-15(14)21-16/h5-8,13,16H,3-4,9-12H2,1-2H3. The molecule has 2 atom stereocenters. The summed E-state index contributed by atoms with van der Waals surface area (Å²) in [4.78, 5) is 7.16. The minimum absolute atomic E-state index is 0.0566. The first kappa shape index (κ1) is 14.2. The Morgan fingerprint density at radius 2 is 2.10 bits per heavy atom. The molecule has 0 saturated heterocycles. The first-order valence-electron chi connectivity index (χ1n) is 8.01. The van der Waals surface area contributed by atoms with Crippen molar-refractivity contribution in [1.29, 1.82) is 0 Å². The molecule has 1 aromatic carbocycles. The highest BCUT2D eigenvalue weighted by molar-refractivity contribution is 5.86. The lowest BCUT2D eigenvalue weighted by Gasteiger charge is -2.34. The monoisotopic (exact) mass is 288 g/mol. The average Bonchev–Trinajstić information content (AvgIpc) is 2.97. The second-order valence-electron chi connectivity index (χ2n) is 5.66. The fourth-order valence-electron chi connectivity index (χ4n) is 3.19. The molecule has 0 aromatic heterocycles. The summed E-state index contributed by atoms with van der Waals surface area (Å²) in [6, 6.07) is 7.91. The molecule has 21 heavy (non-hydrogen) atoms. The van der Waals surface area contributed by atoms with Crippen molar-refractivity contribution in [3.63, 3.8) is 0 Å². The average molecular weight is 288 g/mol. The van der Waals surface area contributed by atoms with Crippen molar-refractivity contribution in [2.45, 2.75) is 32.8 Å². The molecule has 2 unspecified atom stereocenters. The summed E-state index contributed by atoms with van der Waals surface area (Å²) in [5, 5.41) is 0. The van der Waals surface area contributed by atoms with Crippen LogP contribution >= 0.6 is 0 Å². The smallest absolute Gasteiger partial charge is 0.161 e. The number of benzene rings is 1. The molecule has 2 aliphatic heterocycles. The summed E-state index contributed by atoms with van der Waals surface area (Å²) >= 11 is 0. The van der Waals surface area contributed by atoms with E-state index in [9.17, 15) is 0 Å². The van der Waals surface area contributed by atoms with Crippen LogP contribution in [0.25, 0.3) is 0 Å². The van der Waals surface area contributed by atoms with Gasteiger partial charge in [0.15, 0.2) is 11.5 Å². The molecule has 0 spiro atoms. The van der Waals surface area contributed by atoms with Gasteiger partial charge in [-0.2, -0.15) is 0 Å². The molecule has 4 heteroatoms. The van der Waals surface area contributed by atoms with Crippen LogP contribution in [0.3, 0.4) is 0 Å². The molecule has 0 N–H and O–H groups in total. The van der Waals surface area contributed by atoms with Gasteiger partial charge in [0.25, 0.3) is 0 Å². The van der Waals surface area contributed by atoms with Gasteiger partial charge in [0, 0.05) is 13.1 Å². The Kier molecular flexibility index (Phi) is 4.32. The summed E-state index contributed by atoms with van der Waals surface area (Å²) in [6.45, 7) is 8.07. The largest absolute Gasteiger partial charge is 0.486 e. The molecule has 0 fully saturated rings. The number of aliphatic imine (C=N–C) groups is 1. The van der Waals surface area contributed by atoms with Gasteiger partial charge in [0.2, 0.25) is 0 Å². The minimum Gasteiger partial charge on any atom is -0.486 e. The Morgan fingerprint density at radius 1 is 1.29 bits per heavy atom. The number of hydrogen-bond acceptors (Lipinski definition) is 4. The summed E-state index contributed by atoms with van der Waals surface area (Å²) in [6.07, 6.45) is 2.23. The molecule has 0 amide bonds. The van der Waals surface area contributed by atoms with E-state index in [4.69, 9.17) is 14.5 Å². The van der Waals surface area contributed by atoms with Crippen molar-refractivity contribution in [2.75, 3.05) is 26.2 Å². The van der Waals surface area contributed by atoms with Crippen molar-refractivity contribution >= 4 is 5.84 Å². The zero-order chi connectivity index (χ0) is 14.7. The quantitative estimate of drug-likeness (QED) is 0.835. The van der Waals surface area contributed by atoms with E-state index in [-0.39, 0.29) is 6.10 Å². The maximum Gasteiger partial charge on any atom is 0.161 e. The van der Waals surface area contributed by atoms with Crippen LogP contribution < -0.4 is 9.47 Å². The molecule has 1 aromatic rings. The number of rotatable bonds is 5. The van der Waals surface area contributed by atoms with Crippen molar-refractivity contribution < 1.29 is 9.47 Å². The van der Waals surface area contributed by atoms with E-state index in [1.165, 1.54) is 5.84 Å². The Morgan fingerprint density at radius 3 is 2.86 bits per heavy atom. The van der Waals surface area contributed by atoms with Gasteiger partial charge in [-0.15, -0.1) is 0 Å². The third-order valence-electron chi connectivity index (χ3n) is 4.21. The lowest BCUT2D eigenvalue weighted by Crippen LogP contribution is -2.44. The Hall–Kier alpha value is -1.71. The van der Waals surface area contributed by atoms with Gasteiger partial charge in [-0.3, -0.25) is 4.99 Å². The molecule has 0 bridgehead atoms. The van der Waals surface area contributed by atoms with E-state index < -0.39 is 0 Å². The van der Waals surface area contributed by atoms with Crippen LogP contribution in [0.4, 0.5) is 0 Å². The van der Waals surface area contributed by atoms with Gasteiger partial charge in [0.05, 0.1) is 12.5 Å². The van der Waals surface area contributed by atoms with E-state index in [1.54, 1.807) is 0 Å². The second kappa shape index (κ2) is 6.37. The van der Waals surface area contributed by atoms with Crippen molar-refractivity contribution in [2.24, 2.45) is 10.9 Å². The third kappa shape index (κ3) is 2.85. The molecule has 4 nitrogen and oxygen atoms in total. The number of ether oxygens (including phenoxy) is 2. The first-order valence-corrected chi connectivity index (χ1v) is 8.01. The Bertz CT molecular complexity index is 515. The molecule has 3 rings (SSSR count). The van der Waals surface area contributed by atoms with E-state index in [0.29, 0.717) is 12.5 Å². The fourth-order valence-corrected chi connectivity index (χ4v) is 3.19. The van der Waals surface area contributed by atoms with Crippen LogP contribution in [0.5, 0.6) is 11.5 Å². The van der Waals surface area contributed by atoms with Crippen LogP contribution in [0.15, 0.2) is 29.3 Å². The van der Waals surface area contributed by atoms with Gasteiger partial charge < -0.3 is 14.4 Å². The third-order valence-corrected chi connectivity index (χ3v) is 4.21. The maximum atomic E-state index is 6.19. The Labute approximate surface area is 126 Å². The van der Waals surface area contributed by atoms with Gasteiger partial charge in [0.1, 0.15) is 18.5 Å². The summed E-state index contributed by atoms with van der Waals surface area (Å²) < 4.78 is 12.1. The zero-order valence-corrected chi connectivity index (χ0v) is 12.9. The number of nitrogens with zero attached hydrogens (tertiary/aromatic N) is 2. The van der Waals surface area contributed by atoms with Gasteiger partial charge >= 0.3 is 0 Å². The number of hydrogen-bond donors (Lipinski definition) is 0.